The number of rotatable bonds is 5. The molecule has 0 spiro atoms. The second-order valence-corrected chi connectivity index (χ2v) is 6.44. The SMILES string of the molecule is OCCCOc1ccc(-c2nc3ccc(Br)cn3c2Br)cc1. The van der Waals surface area contributed by atoms with Crippen molar-refractivity contribution in [1.29, 1.82) is 0 Å². The first-order chi connectivity index (χ1) is 10.7. The van der Waals surface area contributed by atoms with Crippen LogP contribution in [0.25, 0.3) is 16.9 Å². The van der Waals surface area contributed by atoms with Crippen LogP contribution in [0.5, 0.6) is 5.75 Å². The van der Waals surface area contributed by atoms with Crippen molar-refractivity contribution in [3.05, 3.63) is 51.7 Å². The van der Waals surface area contributed by atoms with E-state index in [0.29, 0.717) is 13.0 Å². The number of benzene rings is 1. The molecular weight excluding hydrogens is 412 g/mol. The molecule has 0 aliphatic carbocycles. The highest BCUT2D eigenvalue weighted by atomic mass is 79.9. The van der Waals surface area contributed by atoms with E-state index in [1.807, 2.05) is 47.0 Å². The molecule has 0 saturated carbocycles. The molecule has 0 aliphatic rings. The van der Waals surface area contributed by atoms with Gasteiger partial charge in [-0.2, -0.15) is 0 Å². The Morgan fingerprint density at radius 2 is 1.86 bits per heavy atom. The Morgan fingerprint density at radius 1 is 1.09 bits per heavy atom. The van der Waals surface area contributed by atoms with Gasteiger partial charge >= 0.3 is 0 Å². The van der Waals surface area contributed by atoms with E-state index >= 15 is 0 Å². The van der Waals surface area contributed by atoms with Crippen molar-refractivity contribution in [3.63, 3.8) is 0 Å². The summed E-state index contributed by atoms with van der Waals surface area (Å²) in [6.07, 6.45) is 2.61. The molecule has 3 rings (SSSR count). The second-order valence-electron chi connectivity index (χ2n) is 4.78. The highest BCUT2D eigenvalue weighted by molar-refractivity contribution is 9.10. The number of imidazole rings is 1. The maximum atomic E-state index is 8.76. The first-order valence-corrected chi connectivity index (χ1v) is 8.45. The third kappa shape index (κ3) is 3.19. The zero-order valence-electron chi connectivity index (χ0n) is 11.7. The standard InChI is InChI=1S/C16H14Br2N2O2/c17-12-4-7-14-19-15(16(18)20(14)10-12)11-2-5-13(6-3-11)22-9-1-8-21/h2-7,10,21H,1,8-9H2. The van der Waals surface area contributed by atoms with E-state index in [4.69, 9.17) is 9.84 Å². The molecular formula is C16H14Br2N2O2. The lowest BCUT2D eigenvalue weighted by molar-refractivity contribution is 0.233. The molecule has 0 radical (unpaired) electrons. The minimum Gasteiger partial charge on any atom is -0.494 e. The number of hydrogen-bond donors (Lipinski definition) is 1. The summed E-state index contributed by atoms with van der Waals surface area (Å²) in [5, 5.41) is 8.76. The molecule has 0 atom stereocenters. The molecule has 4 nitrogen and oxygen atoms in total. The van der Waals surface area contributed by atoms with Gasteiger partial charge in [-0.25, -0.2) is 4.98 Å². The minimum atomic E-state index is 0.141. The average molecular weight is 426 g/mol. The first kappa shape index (κ1) is 15.5. The van der Waals surface area contributed by atoms with Crippen molar-refractivity contribution in [1.82, 2.24) is 9.38 Å². The van der Waals surface area contributed by atoms with Crippen LogP contribution in [-0.2, 0) is 0 Å². The summed E-state index contributed by atoms with van der Waals surface area (Å²) >= 11 is 7.08. The van der Waals surface area contributed by atoms with Gasteiger partial charge in [0.25, 0.3) is 0 Å². The van der Waals surface area contributed by atoms with Gasteiger partial charge in [-0.15, -0.1) is 0 Å². The fraction of sp³-hybridized carbons (Fsp3) is 0.188. The second kappa shape index (κ2) is 6.81. The highest BCUT2D eigenvalue weighted by Crippen LogP contribution is 2.30. The number of aliphatic hydroxyl groups is 1. The fourth-order valence-corrected chi connectivity index (χ4v) is 3.08. The van der Waals surface area contributed by atoms with E-state index in [1.165, 1.54) is 0 Å². The molecule has 2 heterocycles. The van der Waals surface area contributed by atoms with Crippen LogP contribution < -0.4 is 4.74 Å². The molecule has 1 aromatic carbocycles. The van der Waals surface area contributed by atoms with Gasteiger partial charge < -0.3 is 9.84 Å². The van der Waals surface area contributed by atoms with Crippen LogP contribution in [0.4, 0.5) is 0 Å². The van der Waals surface area contributed by atoms with Crippen molar-refractivity contribution in [2.24, 2.45) is 0 Å². The zero-order valence-corrected chi connectivity index (χ0v) is 14.8. The van der Waals surface area contributed by atoms with Gasteiger partial charge in [-0.3, -0.25) is 4.40 Å². The summed E-state index contributed by atoms with van der Waals surface area (Å²) in [6, 6.07) is 11.7. The van der Waals surface area contributed by atoms with Gasteiger partial charge in [0.15, 0.2) is 0 Å². The molecule has 0 amide bonds. The third-order valence-electron chi connectivity index (χ3n) is 3.22. The molecule has 22 heavy (non-hydrogen) atoms. The van der Waals surface area contributed by atoms with E-state index in [0.717, 1.165) is 31.7 Å². The van der Waals surface area contributed by atoms with Crippen LogP contribution >= 0.6 is 31.9 Å². The number of fused-ring (bicyclic) bond motifs is 1. The molecule has 0 bridgehead atoms. The van der Waals surface area contributed by atoms with Gasteiger partial charge in [0.05, 0.1) is 6.61 Å². The van der Waals surface area contributed by atoms with E-state index in [9.17, 15) is 0 Å². The number of halogens is 2. The van der Waals surface area contributed by atoms with E-state index < -0.39 is 0 Å². The summed E-state index contributed by atoms with van der Waals surface area (Å²) in [7, 11) is 0. The van der Waals surface area contributed by atoms with Gasteiger partial charge in [0, 0.05) is 29.3 Å². The molecule has 0 unspecified atom stereocenters. The van der Waals surface area contributed by atoms with Crippen molar-refractivity contribution in [2.45, 2.75) is 6.42 Å². The fourth-order valence-electron chi connectivity index (χ4n) is 2.14. The number of ether oxygens (including phenoxy) is 1. The molecule has 0 fully saturated rings. The van der Waals surface area contributed by atoms with Crippen LogP contribution in [0, 0.1) is 0 Å². The number of hydrogen-bond acceptors (Lipinski definition) is 3. The quantitative estimate of drug-likeness (QED) is 0.620. The van der Waals surface area contributed by atoms with Crippen molar-refractivity contribution in [2.75, 3.05) is 13.2 Å². The first-order valence-electron chi connectivity index (χ1n) is 6.86. The summed E-state index contributed by atoms with van der Waals surface area (Å²) in [6.45, 7) is 0.657. The number of pyridine rings is 1. The van der Waals surface area contributed by atoms with E-state index in [1.54, 1.807) is 0 Å². The Hall–Kier alpha value is -1.37. The average Bonchev–Trinajstić information content (AvgIpc) is 2.85. The van der Waals surface area contributed by atoms with Crippen LogP contribution in [0.3, 0.4) is 0 Å². The van der Waals surface area contributed by atoms with E-state index in [-0.39, 0.29) is 6.61 Å². The maximum absolute atomic E-state index is 8.76. The lowest BCUT2D eigenvalue weighted by Crippen LogP contribution is -1.99. The lowest BCUT2D eigenvalue weighted by atomic mass is 10.1. The van der Waals surface area contributed by atoms with Crippen molar-refractivity contribution in [3.8, 4) is 17.0 Å². The van der Waals surface area contributed by atoms with Crippen molar-refractivity contribution < 1.29 is 9.84 Å². The Labute approximate surface area is 145 Å². The Bertz CT molecular complexity index is 785. The Balaban J connectivity index is 1.89. The summed E-state index contributed by atoms with van der Waals surface area (Å²) in [4.78, 5) is 4.65. The third-order valence-corrected chi connectivity index (χ3v) is 4.45. The summed E-state index contributed by atoms with van der Waals surface area (Å²) in [5.74, 6) is 0.792. The van der Waals surface area contributed by atoms with Gasteiger partial charge in [-0.1, -0.05) is 0 Å². The van der Waals surface area contributed by atoms with E-state index in [2.05, 4.69) is 36.8 Å². The van der Waals surface area contributed by atoms with Crippen LogP contribution in [0.1, 0.15) is 6.42 Å². The van der Waals surface area contributed by atoms with Gasteiger partial charge in [-0.05, 0) is 68.3 Å². The molecule has 3 aromatic rings. The van der Waals surface area contributed by atoms with Crippen LogP contribution in [0.2, 0.25) is 0 Å². The molecule has 114 valence electrons. The van der Waals surface area contributed by atoms with Gasteiger partial charge in [0.2, 0.25) is 0 Å². The van der Waals surface area contributed by atoms with Gasteiger partial charge in [0.1, 0.15) is 21.7 Å². The predicted molar refractivity (Wildman–Crippen MR) is 93.2 cm³/mol. The predicted octanol–water partition coefficient (Wildman–Crippen LogP) is 4.29. The number of nitrogens with zero attached hydrogens (tertiary/aromatic N) is 2. The minimum absolute atomic E-state index is 0.141. The largest absolute Gasteiger partial charge is 0.494 e. The Morgan fingerprint density at radius 3 is 2.59 bits per heavy atom. The lowest BCUT2D eigenvalue weighted by Gasteiger charge is -2.05. The molecule has 6 heteroatoms. The zero-order chi connectivity index (χ0) is 15.5. The summed E-state index contributed by atoms with van der Waals surface area (Å²) < 4.78 is 9.44. The molecule has 0 saturated heterocycles. The highest BCUT2D eigenvalue weighted by Gasteiger charge is 2.12. The Kier molecular flexibility index (Phi) is 4.81. The molecule has 2 aromatic heterocycles. The molecule has 1 N–H and O–H groups in total. The normalized spacial score (nSPS) is 11.0. The topological polar surface area (TPSA) is 46.8 Å². The molecule has 0 aliphatic heterocycles. The van der Waals surface area contributed by atoms with Crippen LogP contribution in [-0.4, -0.2) is 27.7 Å². The maximum Gasteiger partial charge on any atom is 0.138 e. The number of aromatic nitrogens is 2. The number of aliphatic hydroxyl groups excluding tert-OH is 1. The van der Waals surface area contributed by atoms with Crippen molar-refractivity contribution >= 4 is 37.5 Å². The smallest absolute Gasteiger partial charge is 0.138 e. The monoisotopic (exact) mass is 424 g/mol. The summed E-state index contributed by atoms with van der Waals surface area (Å²) in [5.41, 5.74) is 2.79. The van der Waals surface area contributed by atoms with Crippen LogP contribution in [0.15, 0.2) is 51.7 Å².